The predicted molar refractivity (Wildman–Crippen MR) is 85.3 cm³/mol. The van der Waals surface area contributed by atoms with E-state index in [2.05, 4.69) is 22.5 Å². The number of pyridine rings is 1. The Labute approximate surface area is 125 Å². The van der Waals surface area contributed by atoms with Gasteiger partial charge in [-0.05, 0) is 56.7 Å². The van der Waals surface area contributed by atoms with Gasteiger partial charge in [-0.3, -0.25) is 9.78 Å². The van der Waals surface area contributed by atoms with E-state index in [1.165, 1.54) is 0 Å². The van der Waals surface area contributed by atoms with E-state index in [4.69, 9.17) is 0 Å². The number of nitrogens with zero attached hydrogens (tertiary/aromatic N) is 1. The monoisotopic (exact) mass is 283 g/mol. The molecule has 0 saturated carbocycles. The Balaban J connectivity index is 2.09. The first kappa shape index (κ1) is 15.0. The van der Waals surface area contributed by atoms with Gasteiger partial charge in [0.25, 0.3) is 5.91 Å². The predicted octanol–water partition coefficient (Wildman–Crippen LogP) is 3.39. The van der Waals surface area contributed by atoms with Gasteiger partial charge in [0.2, 0.25) is 0 Å². The Bertz CT molecular complexity index is 596. The molecule has 2 N–H and O–H groups in total. The summed E-state index contributed by atoms with van der Waals surface area (Å²) in [5.74, 6) is -0.0507. The second-order valence-corrected chi connectivity index (χ2v) is 5.36. The van der Waals surface area contributed by atoms with Crippen LogP contribution in [0.4, 0.5) is 5.69 Å². The first-order valence-corrected chi connectivity index (χ1v) is 7.13. The molecule has 1 aromatic heterocycles. The maximum atomic E-state index is 12.0. The van der Waals surface area contributed by atoms with Crippen LogP contribution in [0.5, 0.6) is 0 Å². The molecular weight excluding hydrogens is 262 g/mol. The standard InChI is InChI=1S/C17H21N3O/c1-12(2)19-17(21)15-5-4-6-16(11-15)20-13(3)14-7-9-18-10-8-14/h4-13,20H,1-3H3,(H,19,21). The van der Waals surface area contributed by atoms with Gasteiger partial charge in [0.15, 0.2) is 0 Å². The SMILES string of the molecule is CC(C)NC(=O)c1cccc(NC(C)c2ccncc2)c1. The molecule has 110 valence electrons. The summed E-state index contributed by atoms with van der Waals surface area (Å²) in [7, 11) is 0. The normalized spacial score (nSPS) is 12.0. The Hall–Kier alpha value is -2.36. The highest BCUT2D eigenvalue weighted by molar-refractivity contribution is 5.95. The second-order valence-electron chi connectivity index (χ2n) is 5.36. The fourth-order valence-corrected chi connectivity index (χ4v) is 2.08. The van der Waals surface area contributed by atoms with E-state index in [0.29, 0.717) is 5.56 Å². The number of nitrogens with one attached hydrogen (secondary N) is 2. The van der Waals surface area contributed by atoms with E-state index in [9.17, 15) is 4.79 Å². The summed E-state index contributed by atoms with van der Waals surface area (Å²) in [5, 5.41) is 6.30. The van der Waals surface area contributed by atoms with E-state index in [1.54, 1.807) is 12.4 Å². The van der Waals surface area contributed by atoms with Crippen LogP contribution in [0.15, 0.2) is 48.8 Å². The summed E-state index contributed by atoms with van der Waals surface area (Å²) in [6.07, 6.45) is 3.56. The number of anilines is 1. The van der Waals surface area contributed by atoms with Crippen molar-refractivity contribution in [3.05, 3.63) is 59.9 Å². The third-order valence-electron chi connectivity index (χ3n) is 3.13. The minimum absolute atomic E-state index is 0.0507. The second kappa shape index (κ2) is 6.88. The lowest BCUT2D eigenvalue weighted by molar-refractivity contribution is 0.0943. The maximum absolute atomic E-state index is 12.0. The molecule has 0 aliphatic carbocycles. The fraction of sp³-hybridized carbons (Fsp3) is 0.294. The molecule has 4 heteroatoms. The molecule has 2 rings (SSSR count). The Kier molecular flexibility index (Phi) is 4.93. The number of amides is 1. The molecule has 2 aromatic rings. The van der Waals surface area contributed by atoms with Crippen molar-refractivity contribution in [1.82, 2.24) is 10.3 Å². The highest BCUT2D eigenvalue weighted by Crippen LogP contribution is 2.19. The number of aromatic nitrogens is 1. The summed E-state index contributed by atoms with van der Waals surface area (Å²) in [6.45, 7) is 5.98. The molecule has 21 heavy (non-hydrogen) atoms. The molecule has 0 spiro atoms. The van der Waals surface area contributed by atoms with Crippen LogP contribution >= 0.6 is 0 Å². The van der Waals surface area contributed by atoms with E-state index >= 15 is 0 Å². The molecule has 1 heterocycles. The molecule has 0 saturated heterocycles. The molecule has 4 nitrogen and oxygen atoms in total. The average molecular weight is 283 g/mol. The highest BCUT2D eigenvalue weighted by atomic mass is 16.1. The van der Waals surface area contributed by atoms with Gasteiger partial charge in [-0.25, -0.2) is 0 Å². The van der Waals surface area contributed by atoms with Gasteiger partial charge < -0.3 is 10.6 Å². The van der Waals surface area contributed by atoms with Crippen LogP contribution in [-0.4, -0.2) is 16.9 Å². The van der Waals surface area contributed by atoms with Gasteiger partial charge in [0.1, 0.15) is 0 Å². The molecule has 0 aliphatic heterocycles. The first-order valence-electron chi connectivity index (χ1n) is 7.13. The van der Waals surface area contributed by atoms with Crippen molar-refractivity contribution in [3.8, 4) is 0 Å². The fourth-order valence-electron chi connectivity index (χ4n) is 2.08. The lowest BCUT2D eigenvalue weighted by Gasteiger charge is -2.16. The van der Waals surface area contributed by atoms with Crippen LogP contribution < -0.4 is 10.6 Å². The third kappa shape index (κ3) is 4.31. The minimum Gasteiger partial charge on any atom is -0.378 e. The minimum atomic E-state index is -0.0507. The van der Waals surface area contributed by atoms with Crippen LogP contribution in [-0.2, 0) is 0 Å². The van der Waals surface area contributed by atoms with Gasteiger partial charge in [-0.15, -0.1) is 0 Å². The van der Waals surface area contributed by atoms with Crippen LogP contribution in [0, 0.1) is 0 Å². The average Bonchev–Trinajstić information content (AvgIpc) is 2.47. The van der Waals surface area contributed by atoms with Gasteiger partial charge in [-0.1, -0.05) is 6.07 Å². The van der Waals surface area contributed by atoms with Crippen molar-refractivity contribution in [2.75, 3.05) is 5.32 Å². The summed E-state index contributed by atoms with van der Waals surface area (Å²) in [4.78, 5) is 16.0. The molecule has 1 amide bonds. The van der Waals surface area contributed by atoms with Crippen LogP contribution in [0.25, 0.3) is 0 Å². The number of carbonyl (C=O) groups excluding carboxylic acids is 1. The quantitative estimate of drug-likeness (QED) is 0.884. The van der Waals surface area contributed by atoms with Crippen molar-refractivity contribution in [2.45, 2.75) is 32.9 Å². The van der Waals surface area contributed by atoms with Gasteiger partial charge >= 0.3 is 0 Å². The Morgan fingerprint density at radius 2 is 1.81 bits per heavy atom. The number of hydrogen-bond donors (Lipinski definition) is 2. The summed E-state index contributed by atoms with van der Waals surface area (Å²) in [5.41, 5.74) is 2.74. The number of carbonyl (C=O) groups is 1. The van der Waals surface area contributed by atoms with E-state index in [1.807, 2.05) is 50.2 Å². The van der Waals surface area contributed by atoms with E-state index in [0.717, 1.165) is 11.3 Å². The lowest BCUT2D eigenvalue weighted by atomic mass is 10.1. The zero-order valence-corrected chi connectivity index (χ0v) is 12.6. The van der Waals surface area contributed by atoms with Crippen molar-refractivity contribution in [3.63, 3.8) is 0 Å². The summed E-state index contributed by atoms with van der Waals surface area (Å²) in [6, 6.07) is 11.8. The van der Waals surface area contributed by atoms with Gasteiger partial charge in [0, 0.05) is 35.7 Å². The smallest absolute Gasteiger partial charge is 0.251 e. The number of hydrogen-bond acceptors (Lipinski definition) is 3. The lowest BCUT2D eigenvalue weighted by Crippen LogP contribution is -2.30. The largest absolute Gasteiger partial charge is 0.378 e. The zero-order chi connectivity index (χ0) is 15.2. The molecule has 0 radical (unpaired) electrons. The van der Waals surface area contributed by atoms with Crippen LogP contribution in [0.3, 0.4) is 0 Å². The van der Waals surface area contributed by atoms with E-state index < -0.39 is 0 Å². The molecule has 0 bridgehead atoms. The molecule has 1 aromatic carbocycles. The van der Waals surface area contributed by atoms with Crippen molar-refractivity contribution >= 4 is 11.6 Å². The van der Waals surface area contributed by atoms with Crippen LogP contribution in [0.2, 0.25) is 0 Å². The Morgan fingerprint density at radius 1 is 1.10 bits per heavy atom. The van der Waals surface area contributed by atoms with Crippen LogP contribution in [0.1, 0.15) is 42.7 Å². The zero-order valence-electron chi connectivity index (χ0n) is 12.6. The molecular formula is C17H21N3O. The molecule has 0 aliphatic rings. The summed E-state index contributed by atoms with van der Waals surface area (Å²) >= 11 is 0. The van der Waals surface area contributed by atoms with Gasteiger partial charge in [-0.2, -0.15) is 0 Å². The Morgan fingerprint density at radius 3 is 2.48 bits per heavy atom. The number of rotatable bonds is 5. The maximum Gasteiger partial charge on any atom is 0.251 e. The molecule has 0 fully saturated rings. The van der Waals surface area contributed by atoms with E-state index in [-0.39, 0.29) is 18.0 Å². The summed E-state index contributed by atoms with van der Waals surface area (Å²) < 4.78 is 0. The molecule has 1 atom stereocenters. The number of benzene rings is 1. The third-order valence-corrected chi connectivity index (χ3v) is 3.13. The first-order chi connectivity index (χ1) is 10.1. The van der Waals surface area contributed by atoms with Crippen molar-refractivity contribution < 1.29 is 4.79 Å². The highest BCUT2D eigenvalue weighted by Gasteiger charge is 2.09. The topological polar surface area (TPSA) is 54.0 Å². The van der Waals surface area contributed by atoms with Crippen molar-refractivity contribution in [1.29, 1.82) is 0 Å². The van der Waals surface area contributed by atoms with Gasteiger partial charge in [0.05, 0.1) is 0 Å². The van der Waals surface area contributed by atoms with Crippen molar-refractivity contribution in [2.24, 2.45) is 0 Å². The molecule has 1 unspecified atom stereocenters.